The van der Waals surface area contributed by atoms with E-state index in [9.17, 15) is 26.4 Å². The summed E-state index contributed by atoms with van der Waals surface area (Å²) in [6.07, 6.45) is -1.87. The molecule has 0 saturated heterocycles. The third-order valence-electron chi connectivity index (χ3n) is 4.51. The molecule has 0 saturated carbocycles. The van der Waals surface area contributed by atoms with Crippen LogP contribution in [-0.4, -0.2) is 26.3 Å². The van der Waals surface area contributed by atoms with Gasteiger partial charge in [-0.2, -0.15) is 13.2 Å². The molecule has 190 valence electrons. The fraction of sp³-hybridized carbons (Fsp3) is 0.435. The molecule has 2 N–H and O–H groups in total. The summed E-state index contributed by atoms with van der Waals surface area (Å²) >= 11 is 7.24. The normalized spacial score (nSPS) is 12.4. The van der Waals surface area contributed by atoms with E-state index in [4.69, 9.17) is 11.6 Å². The molecule has 0 bridgehead atoms. The van der Waals surface area contributed by atoms with Crippen molar-refractivity contribution in [3.05, 3.63) is 52.5 Å². The number of carbonyl (C=O) groups is 1. The molecule has 2 aromatic carbocycles. The molecule has 0 aromatic heterocycles. The van der Waals surface area contributed by atoms with Gasteiger partial charge in [0.05, 0.1) is 17.5 Å². The summed E-state index contributed by atoms with van der Waals surface area (Å²) in [5.74, 6) is 0.739. The monoisotopic (exact) mass is 538 g/mol. The van der Waals surface area contributed by atoms with Gasteiger partial charge in [-0.1, -0.05) is 44.9 Å². The number of nitrogens with one attached hydrogen (secondary N) is 2. The summed E-state index contributed by atoms with van der Waals surface area (Å²) in [6.45, 7) is 7.77. The number of amides is 1. The molecule has 34 heavy (non-hydrogen) atoms. The molecule has 11 heteroatoms. The van der Waals surface area contributed by atoms with Crippen LogP contribution in [0.4, 0.5) is 24.5 Å². The molecule has 0 spiro atoms. The van der Waals surface area contributed by atoms with Gasteiger partial charge in [-0.3, -0.25) is 9.52 Å². The number of anilines is 2. The number of rotatable bonds is 8. The summed E-state index contributed by atoms with van der Waals surface area (Å²) < 4.78 is 62.3. The van der Waals surface area contributed by atoms with Gasteiger partial charge in [-0.25, -0.2) is 8.42 Å². The minimum atomic E-state index is -4.60. The summed E-state index contributed by atoms with van der Waals surface area (Å²) in [5.41, 5.74) is 0.349. The van der Waals surface area contributed by atoms with Crippen LogP contribution in [0.5, 0.6) is 0 Å². The second-order valence-electron chi connectivity index (χ2n) is 7.66. The van der Waals surface area contributed by atoms with Crippen LogP contribution in [0.3, 0.4) is 0 Å². The zero-order valence-corrected chi connectivity index (χ0v) is 22.1. The van der Waals surface area contributed by atoms with Crippen molar-refractivity contribution in [3.8, 4) is 0 Å². The van der Waals surface area contributed by atoms with Crippen LogP contribution in [0.25, 0.3) is 0 Å². The number of thioether (sulfide) groups is 1. The van der Waals surface area contributed by atoms with Crippen LogP contribution in [0.15, 0.2) is 41.3 Å². The minimum absolute atomic E-state index is 0.0464. The van der Waals surface area contributed by atoms with E-state index in [2.05, 4.69) is 12.2 Å². The van der Waals surface area contributed by atoms with E-state index < -0.39 is 27.5 Å². The number of alkyl halides is 3. The molecule has 1 unspecified atom stereocenters. The Kier molecular flexibility index (Phi) is 11.7. The maximum atomic E-state index is 12.8. The average molecular weight is 539 g/mol. The first-order valence-corrected chi connectivity index (χ1v) is 13.8. The molecular formula is C23H30ClF3N2O3S2. The van der Waals surface area contributed by atoms with Crippen molar-refractivity contribution in [2.75, 3.05) is 22.0 Å². The molecule has 0 heterocycles. The number of halogens is 4. The summed E-state index contributed by atoms with van der Waals surface area (Å²) in [6, 6.07) is 9.09. The standard InChI is InChI=1S/C13H18ClNO.C10H12F3NO2S2/c1-4-5-10(3)13(16)15-11-7-6-9(2)12(14)8-11;1-3-17-7-4-5-9(14-18(2,15)16)8(6-7)10(11,12)13/h6-8,10H,4-5H2,1-3H3,(H,15,16);4-6,14H,3H2,1-2H3. The fourth-order valence-corrected chi connectivity index (χ4v) is 4.26. The smallest absolute Gasteiger partial charge is 0.326 e. The minimum Gasteiger partial charge on any atom is -0.326 e. The predicted molar refractivity (Wildman–Crippen MR) is 135 cm³/mol. The molecule has 0 radical (unpaired) electrons. The Hall–Kier alpha value is -1.91. The zero-order valence-electron chi connectivity index (χ0n) is 19.7. The molecule has 0 aliphatic heterocycles. The Morgan fingerprint density at radius 1 is 1.15 bits per heavy atom. The van der Waals surface area contributed by atoms with E-state index in [1.165, 1.54) is 17.8 Å². The van der Waals surface area contributed by atoms with Gasteiger partial charge in [0, 0.05) is 21.5 Å². The third-order valence-corrected chi connectivity index (χ3v) is 6.39. The van der Waals surface area contributed by atoms with Crippen molar-refractivity contribution in [1.29, 1.82) is 0 Å². The van der Waals surface area contributed by atoms with E-state index in [-0.39, 0.29) is 11.8 Å². The lowest BCUT2D eigenvalue weighted by atomic mass is 10.1. The molecule has 0 fully saturated rings. The van der Waals surface area contributed by atoms with E-state index in [1.54, 1.807) is 6.07 Å². The first-order valence-electron chi connectivity index (χ1n) is 10.6. The Labute approximate surface area is 208 Å². The van der Waals surface area contributed by atoms with Crippen LogP contribution in [0.2, 0.25) is 5.02 Å². The molecule has 0 aliphatic carbocycles. The molecule has 1 amide bonds. The van der Waals surface area contributed by atoms with Gasteiger partial charge < -0.3 is 5.32 Å². The summed E-state index contributed by atoms with van der Waals surface area (Å²) in [4.78, 5) is 12.2. The highest BCUT2D eigenvalue weighted by atomic mass is 35.5. The summed E-state index contributed by atoms with van der Waals surface area (Å²) in [5, 5.41) is 3.55. The molecular weight excluding hydrogens is 509 g/mol. The van der Waals surface area contributed by atoms with Crippen molar-refractivity contribution in [2.24, 2.45) is 5.92 Å². The first kappa shape index (κ1) is 30.1. The SMILES string of the molecule is CCCC(C)C(=O)Nc1ccc(C)c(Cl)c1.CCSc1ccc(NS(C)(=O)=O)c(C(F)(F)F)c1. The highest BCUT2D eigenvalue weighted by Crippen LogP contribution is 2.37. The molecule has 2 rings (SSSR count). The second-order valence-corrected chi connectivity index (χ2v) is 11.1. The Morgan fingerprint density at radius 2 is 1.79 bits per heavy atom. The molecule has 1 atom stereocenters. The lowest BCUT2D eigenvalue weighted by Gasteiger charge is -2.14. The van der Waals surface area contributed by atoms with Gasteiger partial charge in [-0.15, -0.1) is 11.8 Å². The van der Waals surface area contributed by atoms with E-state index in [0.717, 1.165) is 42.5 Å². The Bertz CT molecular complexity index is 1080. The number of carbonyl (C=O) groups excluding carboxylic acids is 1. The van der Waals surface area contributed by atoms with E-state index in [0.29, 0.717) is 15.7 Å². The van der Waals surface area contributed by atoms with Crippen LogP contribution in [0, 0.1) is 12.8 Å². The maximum Gasteiger partial charge on any atom is 0.418 e. The first-order chi connectivity index (χ1) is 15.7. The highest BCUT2D eigenvalue weighted by molar-refractivity contribution is 7.99. The second kappa shape index (κ2) is 13.3. The number of aryl methyl sites for hydroxylation is 1. The quantitative estimate of drug-likeness (QED) is 0.348. The van der Waals surface area contributed by atoms with Crippen LogP contribution >= 0.6 is 23.4 Å². The average Bonchev–Trinajstić information content (AvgIpc) is 2.71. The van der Waals surface area contributed by atoms with Gasteiger partial charge in [-0.05, 0) is 55.0 Å². The van der Waals surface area contributed by atoms with Crippen molar-refractivity contribution in [3.63, 3.8) is 0 Å². The van der Waals surface area contributed by atoms with Crippen LogP contribution < -0.4 is 10.0 Å². The molecule has 0 aliphatic rings. The van der Waals surface area contributed by atoms with Crippen molar-refractivity contribution >= 4 is 50.7 Å². The van der Waals surface area contributed by atoms with E-state index >= 15 is 0 Å². The van der Waals surface area contributed by atoms with Gasteiger partial charge in [0.1, 0.15) is 0 Å². The van der Waals surface area contributed by atoms with E-state index in [1.807, 2.05) is 37.6 Å². The lowest BCUT2D eigenvalue weighted by Crippen LogP contribution is -2.20. The van der Waals surface area contributed by atoms with Gasteiger partial charge in [0.2, 0.25) is 15.9 Å². The topological polar surface area (TPSA) is 75.3 Å². The molecule has 2 aromatic rings. The highest BCUT2D eigenvalue weighted by Gasteiger charge is 2.34. The predicted octanol–water partition coefficient (Wildman–Crippen LogP) is 7.21. The number of benzene rings is 2. The van der Waals surface area contributed by atoms with Gasteiger partial charge >= 0.3 is 6.18 Å². The fourth-order valence-electron chi connectivity index (χ4n) is 2.80. The lowest BCUT2D eigenvalue weighted by molar-refractivity contribution is -0.137. The van der Waals surface area contributed by atoms with Crippen LogP contribution in [-0.2, 0) is 21.0 Å². The maximum absolute atomic E-state index is 12.8. The van der Waals surface area contributed by atoms with Crippen LogP contribution in [0.1, 0.15) is 44.7 Å². The largest absolute Gasteiger partial charge is 0.418 e. The number of hydrogen-bond donors (Lipinski definition) is 2. The number of hydrogen-bond acceptors (Lipinski definition) is 4. The summed E-state index contributed by atoms with van der Waals surface area (Å²) in [7, 11) is -3.74. The van der Waals surface area contributed by atoms with Gasteiger partial charge in [0.25, 0.3) is 0 Å². The Balaban J connectivity index is 0.000000342. The molecule has 5 nitrogen and oxygen atoms in total. The zero-order chi connectivity index (χ0) is 26.1. The third kappa shape index (κ3) is 10.6. The Morgan fingerprint density at radius 3 is 2.29 bits per heavy atom. The van der Waals surface area contributed by atoms with Crippen molar-refractivity contribution in [1.82, 2.24) is 0 Å². The van der Waals surface area contributed by atoms with Crippen molar-refractivity contribution < 1.29 is 26.4 Å². The van der Waals surface area contributed by atoms with Gasteiger partial charge in [0.15, 0.2) is 0 Å². The van der Waals surface area contributed by atoms with Crippen molar-refractivity contribution in [2.45, 2.75) is 51.6 Å². The number of sulfonamides is 1.